The number of halogens is 1. The van der Waals surface area contributed by atoms with Crippen LogP contribution >= 0.6 is 15.9 Å². The largest absolute Gasteiger partial charge is 0.506 e. The van der Waals surface area contributed by atoms with Crippen LogP contribution in [0.25, 0.3) is 0 Å². The lowest BCUT2D eigenvalue weighted by atomic mass is 10.1. The Kier molecular flexibility index (Phi) is 4.38. The molecule has 15 heavy (non-hydrogen) atoms. The SMILES string of the molecule is COc1cc(Br)c(O)c(CC(N)CO)c1. The van der Waals surface area contributed by atoms with Crippen molar-refractivity contribution in [1.82, 2.24) is 0 Å². The molecule has 4 N–H and O–H groups in total. The Bertz CT molecular complexity index is 344. The molecule has 0 saturated heterocycles. The first-order valence-electron chi connectivity index (χ1n) is 4.50. The van der Waals surface area contributed by atoms with Gasteiger partial charge in [-0.1, -0.05) is 0 Å². The number of nitrogens with two attached hydrogens (primary N) is 1. The molecule has 84 valence electrons. The van der Waals surface area contributed by atoms with E-state index in [0.717, 1.165) is 0 Å². The predicted octanol–water partition coefficient (Wildman–Crippen LogP) is 1.03. The van der Waals surface area contributed by atoms with E-state index in [2.05, 4.69) is 15.9 Å². The Morgan fingerprint density at radius 3 is 2.73 bits per heavy atom. The maximum absolute atomic E-state index is 9.72. The third-order valence-corrected chi connectivity index (χ3v) is 2.67. The molecule has 0 heterocycles. The fourth-order valence-electron chi connectivity index (χ4n) is 1.25. The normalized spacial score (nSPS) is 12.5. The smallest absolute Gasteiger partial charge is 0.133 e. The molecular formula is C10H14BrNO3. The molecule has 5 heteroatoms. The molecular weight excluding hydrogens is 262 g/mol. The van der Waals surface area contributed by atoms with Crippen LogP contribution < -0.4 is 10.5 Å². The van der Waals surface area contributed by atoms with Gasteiger partial charge in [-0.3, -0.25) is 0 Å². The van der Waals surface area contributed by atoms with Gasteiger partial charge in [0.05, 0.1) is 18.2 Å². The molecule has 0 fully saturated rings. The second-order valence-electron chi connectivity index (χ2n) is 3.26. The topological polar surface area (TPSA) is 75.7 Å². The molecule has 0 bridgehead atoms. The van der Waals surface area contributed by atoms with Crippen LogP contribution in [0.5, 0.6) is 11.5 Å². The van der Waals surface area contributed by atoms with Crippen molar-refractivity contribution in [2.24, 2.45) is 5.73 Å². The van der Waals surface area contributed by atoms with Crippen molar-refractivity contribution >= 4 is 15.9 Å². The second kappa shape index (κ2) is 5.34. The zero-order chi connectivity index (χ0) is 11.4. The predicted molar refractivity (Wildman–Crippen MR) is 61.1 cm³/mol. The molecule has 1 atom stereocenters. The summed E-state index contributed by atoms with van der Waals surface area (Å²) in [5.41, 5.74) is 6.25. The Hall–Kier alpha value is -0.780. The minimum atomic E-state index is -0.380. The van der Waals surface area contributed by atoms with Gasteiger partial charge in [0, 0.05) is 11.6 Å². The zero-order valence-corrected chi connectivity index (χ0v) is 9.99. The van der Waals surface area contributed by atoms with Crippen molar-refractivity contribution in [3.63, 3.8) is 0 Å². The fraction of sp³-hybridized carbons (Fsp3) is 0.400. The summed E-state index contributed by atoms with van der Waals surface area (Å²) in [6.45, 7) is -0.117. The van der Waals surface area contributed by atoms with Crippen LogP contribution in [0.2, 0.25) is 0 Å². The number of ether oxygens (including phenoxy) is 1. The van der Waals surface area contributed by atoms with Gasteiger partial charge in [0.2, 0.25) is 0 Å². The van der Waals surface area contributed by atoms with Gasteiger partial charge in [-0.05, 0) is 34.5 Å². The number of aromatic hydroxyl groups is 1. The van der Waals surface area contributed by atoms with E-state index in [9.17, 15) is 5.11 Å². The summed E-state index contributed by atoms with van der Waals surface area (Å²) in [6, 6.07) is 2.99. The Morgan fingerprint density at radius 2 is 2.20 bits per heavy atom. The van der Waals surface area contributed by atoms with Gasteiger partial charge in [-0.2, -0.15) is 0 Å². The molecule has 0 aliphatic carbocycles. The monoisotopic (exact) mass is 275 g/mol. The van der Waals surface area contributed by atoms with E-state index in [-0.39, 0.29) is 18.4 Å². The average Bonchev–Trinajstić information content (AvgIpc) is 2.24. The summed E-state index contributed by atoms with van der Waals surface area (Å²) >= 11 is 3.22. The van der Waals surface area contributed by atoms with E-state index in [1.807, 2.05) is 0 Å². The van der Waals surface area contributed by atoms with E-state index in [1.54, 1.807) is 19.2 Å². The van der Waals surface area contributed by atoms with Crippen LogP contribution in [0, 0.1) is 0 Å². The van der Waals surface area contributed by atoms with Gasteiger partial charge < -0.3 is 20.7 Å². The molecule has 0 aliphatic heterocycles. The molecule has 1 aromatic carbocycles. The lowest BCUT2D eigenvalue weighted by Gasteiger charge is -2.12. The third-order valence-electron chi connectivity index (χ3n) is 2.07. The summed E-state index contributed by atoms with van der Waals surface area (Å²) in [5, 5.41) is 18.6. The van der Waals surface area contributed by atoms with Crippen LogP contribution in [-0.4, -0.2) is 30.0 Å². The van der Waals surface area contributed by atoms with Crippen LogP contribution in [0.15, 0.2) is 16.6 Å². The summed E-state index contributed by atoms with van der Waals surface area (Å²) in [6.07, 6.45) is 0.401. The second-order valence-corrected chi connectivity index (χ2v) is 4.12. The number of rotatable bonds is 4. The zero-order valence-electron chi connectivity index (χ0n) is 8.40. The van der Waals surface area contributed by atoms with Gasteiger partial charge in [-0.15, -0.1) is 0 Å². The minimum absolute atomic E-state index is 0.117. The molecule has 0 saturated carbocycles. The van der Waals surface area contributed by atoms with Gasteiger partial charge in [0.1, 0.15) is 11.5 Å². The lowest BCUT2D eigenvalue weighted by molar-refractivity contribution is 0.264. The van der Waals surface area contributed by atoms with E-state index < -0.39 is 0 Å². The highest BCUT2D eigenvalue weighted by atomic mass is 79.9. The summed E-state index contributed by atoms with van der Waals surface area (Å²) in [5.74, 6) is 0.777. The molecule has 0 radical (unpaired) electrons. The third kappa shape index (κ3) is 3.09. The van der Waals surface area contributed by atoms with Crippen molar-refractivity contribution < 1.29 is 14.9 Å². The lowest BCUT2D eigenvalue weighted by Crippen LogP contribution is -2.26. The first-order chi connectivity index (χ1) is 7.08. The summed E-state index contributed by atoms with van der Waals surface area (Å²) in [4.78, 5) is 0. The highest BCUT2D eigenvalue weighted by Gasteiger charge is 2.11. The van der Waals surface area contributed by atoms with Crippen LogP contribution in [0.3, 0.4) is 0 Å². The quantitative estimate of drug-likeness (QED) is 0.767. The van der Waals surface area contributed by atoms with Crippen molar-refractivity contribution in [2.45, 2.75) is 12.5 Å². The highest BCUT2D eigenvalue weighted by molar-refractivity contribution is 9.10. The van der Waals surface area contributed by atoms with Crippen LogP contribution in [0.1, 0.15) is 5.56 Å². The first kappa shape index (κ1) is 12.3. The van der Waals surface area contributed by atoms with E-state index in [4.69, 9.17) is 15.6 Å². The Labute approximate surface area is 96.8 Å². The van der Waals surface area contributed by atoms with Crippen molar-refractivity contribution in [2.75, 3.05) is 13.7 Å². The number of benzene rings is 1. The maximum atomic E-state index is 9.72. The van der Waals surface area contributed by atoms with E-state index >= 15 is 0 Å². The van der Waals surface area contributed by atoms with Gasteiger partial charge in [-0.25, -0.2) is 0 Å². The van der Waals surface area contributed by atoms with Gasteiger partial charge >= 0.3 is 0 Å². The Balaban J connectivity index is 2.99. The molecule has 0 aliphatic rings. The maximum Gasteiger partial charge on any atom is 0.133 e. The van der Waals surface area contributed by atoms with Gasteiger partial charge in [0.15, 0.2) is 0 Å². The number of methoxy groups -OCH3 is 1. The number of hydrogen-bond acceptors (Lipinski definition) is 4. The van der Waals surface area contributed by atoms with E-state index in [0.29, 0.717) is 22.2 Å². The molecule has 0 aromatic heterocycles. The summed E-state index contributed by atoms with van der Waals surface area (Å²) in [7, 11) is 1.55. The molecule has 0 spiro atoms. The van der Waals surface area contributed by atoms with Gasteiger partial charge in [0.25, 0.3) is 0 Å². The number of hydrogen-bond donors (Lipinski definition) is 3. The standard InChI is InChI=1S/C10H14BrNO3/c1-15-8-3-6(2-7(12)5-13)10(14)9(11)4-8/h3-4,7,13-14H,2,5,12H2,1H3. The number of aliphatic hydroxyl groups excluding tert-OH is 1. The Morgan fingerprint density at radius 1 is 1.53 bits per heavy atom. The number of phenols is 1. The van der Waals surface area contributed by atoms with Crippen LogP contribution in [-0.2, 0) is 6.42 Å². The number of aliphatic hydroxyl groups is 1. The fourth-order valence-corrected chi connectivity index (χ4v) is 1.73. The first-order valence-corrected chi connectivity index (χ1v) is 5.29. The highest BCUT2D eigenvalue weighted by Crippen LogP contribution is 2.33. The van der Waals surface area contributed by atoms with Crippen molar-refractivity contribution in [1.29, 1.82) is 0 Å². The van der Waals surface area contributed by atoms with Crippen LogP contribution in [0.4, 0.5) is 0 Å². The molecule has 1 aromatic rings. The van der Waals surface area contributed by atoms with E-state index in [1.165, 1.54) is 0 Å². The molecule has 0 amide bonds. The van der Waals surface area contributed by atoms with Crippen molar-refractivity contribution in [3.8, 4) is 11.5 Å². The molecule has 4 nitrogen and oxygen atoms in total. The average molecular weight is 276 g/mol. The molecule has 1 unspecified atom stereocenters. The number of phenolic OH excluding ortho intramolecular Hbond substituents is 1. The summed E-state index contributed by atoms with van der Waals surface area (Å²) < 4.78 is 5.62. The minimum Gasteiger partial charge on any atom is -0.506 e. The van der Waals surface area contributed by atoms with Crippen molar-refractivity contribution in [3.05, 3.63) is 22.2 Å². The molecule has 1 rings (SSSR count).